The lowest BCUT2D eigenvalue weighted by molar-refractivity contribution is 1.24. The van der Waals surface area contributed by atoms with Crippen LogP contribution in [0.15, 0.2) is 12.3 Å². The summed E-state index contributed by atoms with van der Waals surface area (Å²) in [7, 11) is 0. The first-order valence-corrected chi connectivity index (χ1v) is 6.01. The second kappa shape index (κ2) is 3.53. The minimum absolute atomic E-state index is 0.557. The molecular weight excluding hydrogens is 234 g/mol. The SMILES string of the molecule is Cc1cnc2nc(-c3sc(N)nc3C)[nH]c2c1. The average Bonchev–Trinajstić information content (AvgIpc) is 2.80. The Morgan fingerprint density at radius 3 is 2.82 bits per heavy atom. The van der Waals surface area contributed by atoms with Crippen molar-refractivity contribution in [3.05, 3.63) is 23.5 Å². The number of fused-ring (bicyclic) bond motifs is 1. The van der Waals surface area contributed by atoms with Gasteiger partial charge >= 0.3 is 0 Å². The van der Waals surface area contributed by atoms with Crippen LogP contribution in [-0.2, 0) is 0 Å². The molecule has 3 rings (SSSR count). The summed E-state index contributed by atoms with van der Waals surface area (Å²) in [6.07, 6.45) is 1.81. The first kappa shape index (κ1) is 10.2. The molecule has 0 amide bonds. The fourth-order valence-electron chi connectivity index (χ4n) is 1.75. The molecule has 17 heavy (non-hydrogen) atoms. The number of thiazole rings is 1. The molecule has 5 nitrogen and oxygen atoms in total. The van der Waals surface area contributed by atoms with Crippen molar-refractivity contribution in [1.29, 1.82) is 0 Å². The number of hydrogen-bond acceptors (Lipinski definition) is 5. The van der Waals surface area contributed by atoms with Gasteiger partial charge in [0.15, 0.2) is 16.6 Å². The molecule has 0 fully saturated rings. The van der Waals surface area contributed by atoms with Crippen LogP contribution < -0.4 is 5.73 Å². The van der Waals surface area contributed by atoms with Crippen LogP contribution in [-0.4, -0.2) is 19.9 Å². The molecule has 6 heteroatoms. The Bertz CT molecular complexity index is 697. The fourth-order valence-corrected chi connectivity index (χ4v) is 2.53. The summed E-state index contributed by atoms with van der Waals surface area (Å²) in [5.41, 5.74) is 9.34. The second-order valence-electron chi connectivity index (χ2n) is 3.94. The number of pyridine rings is 1. The molecule has 0 aliphatic rings. The van der Waals surface area contributed by atoms with Gasteiger partial charge in [-0.15, -0.1) is 0 Å². The molecule has 0 saturated heterocycles. The quantitative estimate of drug-likeness (QED) is 0.689. The zero-order valence-electron chi connectivity index (χ0n) is 9.48. The van der Waals surface area contributed by atoms with Crippen LogP contribution in [0.4, 0.5) is 5.13 Å². The number of nitrogens with two attached hydrogens (primary N) is 1. The lowest BCUT2D eigenvalue weighted by atomic mass is 10.3. The molecular formula is C11H11N5S. The van der Waals surface area contributed by atoms with Gasteiger partial charge in [-0.05, 0) is 25.5 Å². The molecule has 3 N–H and O–H groups in total. The van der Waals surface area contributed by atoms with E-state index in [-0.39, 0.29) is 0 Å². The van der Waals surface area contributed by atoms with Crippen molar-refractivity contribution in [3.63, 3.8) is 0 Å². The van der Waals surface area contributed by atoms with Gasteiger partial charge in [-0.3, -0.25) is 0 Å². The normalized spacial score (nSPS) is 11.2. The molecule has 0 aliphatic heterocycles. The maximum atomic E-state index is 5.69. The van der Waals surface area contributed by atoms with E-state index in [1.165, 1.54) is 11.3 Å². The highest BCUT2D eigenvalue weighted by molar-refractivity contribution is 7.18. The highest BCUT2D eigenvalue weighted by Crippen LogP contribution is 2.30. The van der Waals surface area contributed by atoms with Crippen molar-refractivity contribution in [2.24, 2.45) is 0 Å². The van der Waals surface area contributed by atoms with E-state index in [0.717, 1.165) is 33.1 Å². The Hall–Kier alpha value is -1.95. The molecule has 3 aromatic rings. The fraction of sp³-hybridized carbons (Fsp3) is 0.182. The summed E-state index contributed by atoms with van der Waals surface area (Å²) in [5, 5.41) is 0.557. The van der Waals surface area contributed by atoms with Gasteiger partial charge in [-0.2, -0.15) is 0 Å². The summed E-state index contributed by atoms with van der Waals surface area (Å²) in [5.74, 6) is 0.782. The topological polar surface area (TPSA) is 80.5 Å². The standard InChI is InChI=1S/C11H11N5S/c1-5-3-7-9(13-4-5)16-10(15-7)8-6(2)14-11(12)17-8/h3-4H,1-2H3,(H2,12,14)(H,13,15,16). The average molecular weight is 245 g/mol. The van der Waals surface area contributed by atoms with E-state index in [1.54, 1.807) is 6.20 Å². The first-order valence-electron chi connectivity index (χ1n) is 5.19. The lowest BCUT2D eigenvalue weighted by Crippen LogP contribution is -1.81. The smallest absolute Gasteiger partial charge is 0.180 e. The van der Waals surface area contributed by atoms with E-state index >= 15 is 0 Å². The molecule has 0 saturated carbocycles. The number of aryl methyl sites for hydroxylation is 2. The number of rotatable bonds is 1. The Labute approximate surface area is 102 Å². The maximum Gasteiger partial charge on any atom is 0.180 e. The largest absolute Gasteiger partial charge is 0.375 e. The highest BCUT2D eigenvalue weighted by Gasteiger charge is 2.12. The molecule has 0 radical (unpaired) electrons. The van der Waals surface area contributed by atoms with Crippen molar-refractivity contribution in [3.8, 4) is 10.7 Å². The zero-order valence-corrected chi connectivity index (χ0v) is 10.3. The van der Waals surface area contributed by atoms with Crippen molar-refractivity contribution in [1.82, 2.24) is 19.9 Å². The summed E-state index contributed by atoms with van der Waals surface area (Å²) >= 11 is 1.43. The number of nitrogens with one attached hydrogen (secondary N) is 1. The molecule has 86 valence electrons. The Balaban J connectivity index is 2.21. The maximum absolute atomic E-state index is 5.69. The number of nitrogen functional groups attached to an aromatic ring is 1. The summed E-state index contributed by atoms with van der Waals surface area (Å²) < 4.78 is 0. The van der Waals surface area contributed by atoms with Gasteiger partial charge in [0.05, 0.1) is 16.1 Å². The molecule has 0 aromatic carbocycles. The third-order valence-electron chi connectivity index (χ3n) is 2.50. The van der Waals surface area contributed by atoms with Crippen LogP contribution in [0.5, 0.6) is 0 Å². The molecule has 0 atom stereocenters. The summed E-state index contributed by atoms with van der Waals surface area (Å²) in [4.78, 5) is 17.1. The van der Waals surface area contributed by atoms with Crippen molar-refractivity contribution in [2.75, 3.05) is 5.73 Å². The molecule has 0 unspecified atom stereocenters. The minimum atomic E-state index is 0.557. The predicted octanol–water partition coefficient (Wildman–Crippen LogP) is 2.28. The number of anilines is 1. The van der Waals surface area contributed by atoms with Gasteiger partial charge in [0.25, 0.3) is 0 Å². The number of hydrogen-bond donors (Lipinski definition) is 2. The number of nitrogens with zero attached hydrogens (tertiary/aromatic N) is 3. The monoisotopic (exact) mass is 245 g/mol. The van der Waals surface area contributed by atoms with Crippen LogP contribution in [0, 0.1) is 13.8 Å². The van der Waals surface area contributed by atoms with Crippen molar-refractivity contribution in [2.45, 2.75) is 13.8 Å². The van der Waals surface area contributed by atoms with Crippen LogP contribution in [0.2, 0.25) is 0 Å². The van der Waals surface area contributed by atoms with Crippen LogP contribution >= 0.6 is 11.3 Å². The van der Waals surface area contributed by atoms with Gasteiger partial charge in [0.2, 0.25) is 0 Å². The molecule has 0 bridgehead atoms. The zero-order chi connectivity index (χ0) is 12.0. The second-order valence-corrected chi connectivity index (χ2v) is 4.97. The van der Waals surface area contributed by atoms with Crippen LogP contribution in [0.3, 0.4) is 0 Å². The first-order chi connectivity index (χ1) is 8.13. The molecule has 0 aliphatic carbocycles. The van der Waals surface area contributed by atoms with E-state index in [9.17, 15) is 0 Å². The van der Waals surface area contributed by atoms with Gasteiger partial charge in [0.1, 0.15) is 0 Å². The van der Waals surface area contributed by atoms with Crippen LogP contribution in [0.25, 0.3) is 21.9 Å². The number of H-pyrrole nitrogens is 1. The van der Waals surface area contributed by atoms with E-state index in [1.807, 2.05) is 19.9 Å². The lowest BCUT2D eigenvalue weighted by Gasteiger charge is -1.90. The number of aromatic nitrogens is 4. The Kier molecular flexibility index (Phi) is 2.12. The van der Waals surface area contributed by atoms with E-state index in [2.05, 4.69) is 19.9 Å². The summed E-state index contributed by atoms with van der Waals surface area (Å²) in [6, 6.07) is 2.03. The van der Waals surface area contributed by atoms with Crippen molar-refractivity contribution >= 4 is 27.6 Å². The van der Waals surface area contributed by atoms with E-state index in [4.69, 9.17) is 5.73 Å². The third-order valence-corrected chi connectivity index (χ3v) is 3.50. The summed E-state index contributed by atoms with van der Waals surface area (Å²) in [6.45, 7) is 3.93. The van der Waals surface area contributed by atoms with Gasteiger partial charge in [-0.25, -0.2) is 15.0 Å². The van der Waals surface area contributed by atoms with Crippen LogP contribution in [0.1, 0.15) is 11.3 Å². The third kappa shape index (κ3) is 1.66. The molecule has 3 aromatic heterocycles. The van der Waals surface area contributed by atoms with Gasteiger partial charge in [-0.1, -0.05) is 11.3 Å². The Morgan fingerprint density at radius 2 is 2.12 bits per heavy atom. The van der Waals surface area contributed by atoms with Crippen molar-refractivity contribution < 1.29 is 0 Å². The van der Waals surface area contributed by atoms with Gasteiger partial charge in [0, 0.05) is 6.20 Å². The minimum Gasteiger partial charge on any atom is -0.375 e. The van der Waals surface area contributed by atoms with Gasteiger partial charge < -0.3 is 10.7 Å². The Morgan fingerprint density at radius 1 is 1.29 bits per heavy atom. The van der Waals surface area contributed by atoms with E-state index in [0.29, 0.717) is 5.13 Å². The number of aromatic amines is 1. The number of imidazole rings is 1. The van der Waals surface area contributed by atoms with E-state index < -0.39 is 0 Å². The molecule has 3 heterocycles. The highest BCUT2D eigenvalue weighted by atomic mass is 32.1. The molecule has 0 spiro atoms. The predicted molar refractivity (Wildman–Crippen MR) is 68.9 cm³/mol.